The van der Waals surface area contributed by atoms with E-state index >= 15 is 0 Å². The molecule has 0 aliphatic heterocycles. The van der Waals surface area contributed by atoms with Crippen molar-refractivity contribution < 1.29 is 9.72 Å². The topological polar surface area (TPSA) is 89.5 Å². The predicted octanol–water partition coefficient (Wildman–Crippen LogP) is 4.15. The summed E-state index contributed by atoms with van der Waals surface area (Å²) >= 11 is 0. The van der Waals surface area contributed by atoms with Crippen LogP contribution in [0.25, 0.3) is 0 Å². The number of non-ortho nitro benzene ring substituents is 1. The molecule has 0 atom stereocenters. The number of rotatable bonds is 5. The highest BCUT2D eigenvalue weighted by atomic mass is 16.6. The van der Waals surface area contributed by atoms with E-state index in [1.165, 1.54) is 12.1 Å². The molecule has 3 rings (SSSR count). The maximum atomic E-state index is 12.4. The molecule has 1 amide bonds. The van der Waals surface area contributed by atoms with Crippen LogP contribution in [0.5, 0.6) is 0 Å². The number of nitrogens with one attached hydrogen (secondary N) is 1. The Labute approximate surface area is 156 Å². The average Bonchev–Trinajstić information content (AvgIpc) is 2.95. The van der Waals surface area contributed by atoms with Crippen LogP contribution in [0.3, 0.4) is 0 Å². The van der Waals surface area contributed by atoms with Gasteiger partial charge in [-0.25, -0.2) is 0 Å². The van der Waals surface area contributed by atoms with Gasteiger partial charge in [0.2, 0.25) is 0 Å². The van der Waals surface area contributed by atoms with E-state index in [9.17, 15) is 14.9 Å². The van der Waals surface area contributed by atoms with Crippen LogP contribution in [0.4, 0.5) is 11.4 Å². The van der Waals surface area contributed by atoms with Gasteiger partial charge in [-0.1, -0.05) is 18.2 Å². The van der Waals surface area contributed by atoms with Crippen molar-refractivity contribution >= 4 is 23.5 Å². The smallest absolute Gasteiger partial charge is 0.267 e. The number of aromatic nitrogens is 1. The number of carbonyl (C=O) groups is 1. The van der Waals surface area contributed by atoms with Crippen molar-refractivity contribution in [3.63, 3.8) is 0 Å². The van der Waals surface area contributed by atoms with Gasteiger partial charge in [-0.05, 0) is 44.2 Å². The van der Waals surface area contributed by atoms with Crippen LogP contribution in [0.1, 0.15) is 27.3 Å². The largest absolute Gasteiger partial charge is 0.270 e. The average molecular weight is 362 g/mol. The first-order valence-electron chi connectivity index (χ1n) is 8.29. The molecule has 0 spiro atoms. The lowest BCUT2D eigenvalue weighted by atomic mass is 10.2. The first-order chi connectivity index (χ1) is 13.0. The Morgan fingerprint density at radius 3 is 2.41 bits per heavy atom. The van der Waals surface area contributed by atoms with Gasteiger partial charge in [-0.15, -0.1) is 0 Å². The van der Waals surface area contributed by atoms with E-state index in [-0.39, 0.29) is 11.6 Å². The van der Waals surface area contributed by atoms with Gasteiger partial charge in [-0.2, -0.15) is 0 Å². The van der Waals surface area contributed by atoms with Crippen molar-refractivity contribution in [2.75, 3.05) is 5.43 Å². The summed E-state index contributed by atoms with van der Waals surface area (Å²) in [6, 6.07) is 16.9. The van der Waals surface area contributed by atoms with Gasteiger partial charge in [0.25, 0.3) is 11.6 Å². The van der Waals surface area contributed by atoms with Gasteiger partial charge >= 0.3 is 0 Å². The number of hydrogen-bond donors (Lipinski definition) is 1. The summed E-state index contributed by atoms with van der Waals surface area (Å²) in [5.41, 5.74) is 6.63. The molecule has 136 valence electrons. The van der Waals surface area contributed by atoms with E-state index in [4.69, 9.17) is 0 Å². The van der Waals surface area contributed by atoms with Gasteiger partial charge in [-0.3, -0.25) is 30.0 Å². The first kappa shape index (κ1) is 18.1. The summed E-state index contributed by atoms with van der Waals surface area (Å²) in [5, 5.41) is 10.7. The van der Waals surface area contributed by atoms with Crippen LogP contribution in [-0.2, 0) is 0 Å². The Bertz CT molecular complexity index is 1010. The minimum atomic E-state index is -0.448. The van der Waals surface area contributed by atoms with E-state index in [1.54, 1.807) is 35.2 Å². The number of nitro benzene ring substituents is 1. The third-order valence-corrected chi connectivity index (χ3v) is 4.13. The number of benzene rings is 2. The van der Waals surface area contributed by atoms with Crippen LogP contribution in [-0.4, -0.2) is 21.7 Å². The van der Waals surface area contributed by atoms with Crippen molar-refractivity contribution in [2.24, 2.45) is 4.99 Å². The van der Waals surface area contributed by atoms with Gasteiger partial charge in [0.15, 0.2) is 0 Å². The fraction of sp³-hybridized carbons (Fsp3) is 0.100. The molecule has 0 aliphatic carbocycles. The Morgan fingerprint density at radius 1 is 1.11 bits per heavy atom. The van der Waals surface area contributed by atoms with Gasteiger partial charge < -0.3 is 0 Å². The molecule has 0 radical (unpaired) electrons. The second-order valence-corrected chi connectivity index (χ2v) is 6.00. The summed E-state index contributed by atoms with van der Waals surface area (Å²) in [4.78, 5) is 27.0. The number of hydrogen-bond acceptors (Lipinski definition) is 4. The zero-order chi connectivity index (χ0) is 19.4. The number of aryl methyl sites for hydroxylation is 1. The number of carbonyl (C=O) groups excluding carboxylic acids is 1. The minimum Gasteiger partial charge on any atom is -0.267 e. The molecule has 27 heavy (non-hydrogen) atoms. The fourth-order valence-electron chi connectivity index (χ4n) is 2.65. The molecule has 1 heterocycles. The monoisotopic (exact) mass is 362 g/mol. The fourth-order valence-corrected chi connectivity index (χ4v) is 2.65. The Kier molecular flexibility index (Phi) is 5.12. The standard InChI is InChI=1S/C20H18N4O3/c1-14-12-17(13-21-18-8-10-19(11-9-18)24(26)27)15(2)23(14)22-20(25)16-6-4-3-5-7-16/h3-13H,1-2H3,(H,22,25). The van der Waals surface area contributed by atoms with E-state index in [0.29, 0.717) is 11.3 Å². The van der Waals surface area contributed by atoms with Crippen LogP contribution < -0.4 is 5.43 Å². The number of amides is 1. The summed E-state index contributed by atoms with van der Waals surface area (Å²) < 4.78 is 1.71. The van der Waals surface area contributed by atoms with Crippen LogP contribution in [0.15, 0.2) is 65.7 Å². The molecule has 0 saturated carbocycles. The third-order valence-electron chi connectivity index (χ3n) is 4.13. The molecule has 0 unspecified atom stereocenters. The van der Waals surface area contributed by atoms with Crippen molar-refractivity contribution in [3.05, 3.63) is 93.3 Å². The molecule has 1 aromatic heterocycles. The molecule has 0 aliphatic rings. The lowest BCUT2D eigenvalue weighted by Crippen LogP contribution is -2.24. The number of nitrogens with zero attached hydrogens (tertiary/aromatic N) is 3. The number of nitro groups is 1. The molecule has 0 bridgehead atoms. The summed E-state index contributed by atoms with van der Waals surface area (Å²) in [6.07, 6.45) is 1.68. The van der Waals surface area contributed by atoms with Crippen molar-refractivity contribution in [3.8, 4) is 0 Å². The number of aliphatic imine (C=N–C) groups is 1. The Hall–Kier alpha value is -3.74. The van der Waals surface area contributed by atoms with E-state index in [2.05, 4.69) is 10.4 Å². The maximum Gasteiger partial charge on any atom is 0.270 e. The van der Waals surface area contributed by atoms with Gasteiger partial charge in [0.1, 0.15) is 0 Å². The minimum absolute atomic E-state index is 0.0238. The molecule has 2 aromatic carbocycles. The highest BCUT2D eigenvalue weighted by molar-refractivity contribution is 6.00. The zero-order valence-corrected chi connectivity index (χ0v) is 14.9. The molecule has 0 fully saturated rings. The Morgan fingerprint density at radius 2 is 1.78 bits per heavy atom. The van der Waals surface area contributed by atoms with Crippen molar-refractivity contribution in [1.29, 1.82) is 0 Å². The second kappa shape index (κ2) is 7.65. The summed E-state index contributed by atoms with van der Waals surface area (Å²) in [5.74, 6) is -0.198. The van der Waals surface area contributed by atoms with E-state index in [0.717, 1.165) is 17.0 Å². The second-order valence-electron chi connectivity index (χ2n) is 6.00. The molecule has 0 saturated heterocycles. The van der Waals surface area contributed by atoms with Crippen LogP contribution in [0, 0.1) is 24.0 Å². The zero-order valence-electron chi connectivity index (χ0n) is 14.9. The lowest BCUT2D eigenvalue weighted by Gasteiger charge is -2.11. The molecule has 1 N–H and O–H groups in total. The molecule has 3 aromatic rings. The highest BCUT2D eigenvalue weighted by Crippen LogP contribution is 2.19. The van der Waals surface area contributed by atoms with Crippen molar-refractivity contribution in [2.45, 2.75) is 13.8 Å². The predicted molar refractivity (Wildman–Crippen MR) is 104 cm³/mol. The Balaban J connectivity index is 1.79. The summed E-state index contributed by atoms with van der Waals surface area (Å²) in [6.45, 7) is 3.77. The van der Waals surface area contributed by atoms with E-state index < -0.39 is 4.92 Å². The van der Waals surface area contributed by atoms with Crippen LogP contribution >= 0.6 is 0 Å². The SMILES string of the molecule is Cc1cc(C=Nc2ccc([N+](=O)[O-])cc2)c(C)n1NC(=O)c1ccccc1. The quantitative estimate of drug-likeness (QED) is 0.420. The molecule has 7 heteroatoms. The van der Waals surface area contributed by atoms with Gasteiger partial charge in [0, 0.05) is 40.9 Å². The molecule has 7 nitrogen and oxygen atoms in total. The molecular formula is C20H18N4O3. The first-order valence-corrected chi connectivity index (χ1v) is 8.29. The normalized spacial score (nSPS) is 10.9. The highest BCUT2D eigenvalue weighted by Gasteiger charge is 2.11. The maximum absolute atomic E-state index is 12.4. The van der Waals surface area contributed by atoms with Gasteiger partial charge in [0.05, 0.1) is 10.6 Å². The molecular weight excluding hydrogens is 344 g/mol. The third kappa shape index (κ3) is 4.09. The van der Waals surface area contributed by atoms with Crippen LogP contribution in [0.2, 0.25) is 0 Å². The van der Waals surface area contributed by atoms with E-state index in [1.807, 2.05) is 38.1 Å². The van der Waals surface area contributed by atoms with Crippen molar-refractivity contribution in [1.82, 2.24) is 4.68 Å². The summed E-state index contributed by atoms with van der Waals surface area (Å²) in [7, 11) is 0. The lowest BCUT2D eigenvalue weighted by molar-refractivity contribution is -0.384.